The minimum Gasteiger partial charge on any atom is -0.481 e. The number of benzene rings is 1. The topological polar surface area (TPSA) is 78.4 Å². The predicted octanol–water partition coefficient (Wildman–Crippen LogP) is 6.49. The number of carbonyl (C=O) groups excluding carboxylic acids is 1. The maximum absolute atomic E-state index is 12.8. The molecule has 1 aromatic rings. The SMILES string of the molecule is O=C(O)CCCCCCCCCCCCCCCNC(=O)Nc1ccc(F)cc1. The lowest BCUT2D eigenvalue weighted by Gasteiger charge is -2.07. The highest BCUT2D eigenvalue weighted by Gasteiger charge is 2.01. The first kappa shape index (κ1) is 24.9. The van der Waals surface area contributed by atoms with Crippen molar-refractivity contribution in [2.24, 2.45) is 0 Å². The van der Waals surface area contributed by atoms with Crippen LogP contribution in [-0.4, -0.2) is 23.7 Å². The summed E-state index contributed by atoms with van der Waals surface area (Å²) in [4.78, 5) is 22.1. The van der Waals surface area contributed by atoms with Gasteiger partial charge in [0.1, 0.15) is 5.82 Å². The number of unbranched alkanes of at least 4 members (excludes halogenated alkanes) is 12. The predicted molar refractivity (Wildman–Crippen MR) is 116 cm³/mol. The van der Waals surface area contributed by atoms with Gasteiger partial charge in [0.15, 0.2) is 0 Å². The van der Waals surface area contributed by atoms with Gasteiger partial charge in [-0.05, 0) is 37.1 Å². The highest BCUT2D eigenvalue weighted by atomic mass is 19.1. The molecule has 0 saturated carbocycles. The third-order valence-electron chi connectivity index (χ3n) is 4.96. The van der Waals surface area contributed by atoms with Crippen LogP contribution in [0.25, 0.3) is 0 Å². The molecule has 29 heavy (non-hydrogen) atoms. The van der Waals surface area contributed by atoms with Crippen LogP contribution in [0.2, 0.25) is 0 Å². The fourth-order valence-electron chi connectivity index (χ4n) is 3.26. The molecule has 1 rings (SSSR count). The fourth-order valence-corrected chi connectivity index (χ4v) is 3.26. The second-order valence-corrected chi connectivity index (χ2v) is 7.63. The summed E-state index contributed by atoms with van der Waals surface area (Å²) < 4.78 is 12.8. The minimum absolute atomic E-state index is 0.251. The lowest BCUT2D eigenvalue weighted by atomic mass is 10.0. The lowest BCUT2D eigenvalue weighted by molar-refractivity contribution is -0.137. The average Bonchev–Trinajstić information content (AvgIpc) is 2.69. The Hall–Kier alpha value is -2.11. The standard InChI is InChI=1S/C23H37FN2O3/c24-20-15-17-21(18-16-20)26-23(29)25-19-13-11-9-7-5-3-1-2-4-6-8-10-12-14-22(27)28/h15-18H,1-14,19H2,(H,27,28)(H2,25,26,29). The number of hydrogen-bond donors (Lipinski definition) is 3. The van der Waals surface area contributed by atoms with Crippen molar-refractivity contribution < 1.29 is 19.1 Å². The summed E-state index contributed by atoms with van der Waals surface area (Å²) in [7, 11) is 0. The van der Waals surface area contributed by atoms with E-state index in [0.29, 0.717) is 18.7 Å². The molecule has 164 valence electrons. The van der Waals surface area contributed by atoms with Crippen molar-refractivity contribution >= 4 is 17.7 Å². The number of anilines is 1. The van der Waals surface area contributed by atoms with Crippen LogP contribution in [0, 0.1) is 5.82 Å². The molecule has 0 heterocycles. The number of amides is 2. The highest BCUT2D eigenvalue weighted by Crippen LogP contribution is 2.13. The van der Waals surface area contributed by atoms with Crippen molar-refractivity contribution in [1.29, 1.82) is 0 Å². The van der Waals surface area contributed by atoms with Crippen molar-refractivity contribution in [2.75, 3.05) is 11.9 Å². The first-order chi connectivity index (χ1) is 14.1. The molecule has 0 radical (unpaired) electrons. The number of nitrogens with one attached hydrogen (secondary N) is 2. The maximum atomic E-state index is 12.8. The molecule has 0 aliphatic heterocycles. The van der Waals surface area contributed by atoms with Gasteiger partial charge in [-0.2, -0.15) is 0 Å². The van der Waals surface area contributed by atoms with Crippen LogP contribution < -0.4 is 10.6 Å². The van der Waals surface area contributed by atoms with E-state index in [1.807, 2.05) is 0 Å². The Morgan fingerprint density at radius 3 is 1.66 bits per heavy atom. The van der Waals surface area contributed by atoms with Gasteiger partial charge in [-0.15, -0.1) is 0 Å². The number of rotatable bonds is 17. The summed E-state index contributed by atoms with van der Waals surface area (Å²) in [5.74, 6) is -1.01. The Balaban J connectivity index is 1.79. The van der Waals surface area contributed by atoms with Gasteiger partial charge in [0, 0.05) is 18.7 Å². The summed E-state index contributed by atoms with van der Waals surface area (Å²) in [6.07, 6.45) is 15.5. The van der Waals surface area contributed by atoms with Crippen LogP contribution in [0.3, 0.4) is 0 Å². The molecule has 1 aromatic carbocycles. The molecule has 0 saturated heterocycles. The van der Waals surface area contributed by atoms with Crippen molar-refractivity contribution in [3.05, 3.63) is 30.1 Å². The van der Waals surface area contributed by atoms with Gasteiger partial charge < -0.3 is 15.7 Å². The van der Waals surface area contributed by atoms with Gasteiger partial charge in [-0.3, -0.25) is 4.79 Å². The highest BCUT2D eigenvalue weighted by molar-refractivity contribution is 5.89. The van der Waals surface area contributed by atoms with Crippen LogP contribution in [-0.2, 0) is 4.79 Å². The van der Waals surface area contributed by atoms with E-state index in [4.69, 9.17) is 5.11 Å². The first-order valence-electron chi connectivity index (χ1n) is 11.1. The number of aliphatic carboxylic acids is 1. The van der Waals surface area contributed by atoms with Crippen LogP contribution >= 0.6 is 0 Å². The molecule has 0 aliphatic carbocycles. The second kappa shape index (κ2) is 16.8. The summed E-state index contributed by atoms with van der Waals surface area (Å²) in [5.41, 5.74) is 0.585. The largest absolute Gasteiger partial charge is 0.481 e. The summed E-state index contributed by atoms with van der Waals surface area (Å²) in [5, 5.41) is 14.1. The Bertz CT molecular complexity index is 564. The Morgan fingerprint density at radius 1 is 0.724 bits per heavy atom. The van der Waals surface area contributed by atoms with Crippen molar-refractivity contribution in [2.45, 2.75) is 89.9 Å². The molecule has 0 fully saturated rings. The smallest absolute Gasteiger partial charge is 0.319 e. The van der Waals surface area contributed by atoms with E-state index in [1.54, 1.807) is 0 Å². The summed E-state index contributed by atoms with van der Waals surface area (Å²) >= 11 is 0. The number of halogens is 1. The molecule has 3 N–H and O–H groups in total. The lowest BCUT2D eigenvalue weighted by Crippen LogP contribution is -2.29. The molecule has 0 bridgehead atoms. The van der Waals surface area contributed by atoms with Crippen LogP contribution in [0.5, 0.6) is 0 Å². The van der Waals surface area contributed by atoms with E-state index >= 15 is 0 Å². The first-order valence-corrected chi connectivity index (χ1v) is 11.1. The molecule has 0 atom stereocenters. The Morgan fingerprint density at radius 2 is 1.17 bits per heavy atom. The third kappa shape index (κ3) is 15.5. The maximum Gasteiger partial charge on any atom is 0.319 e. The second-order valence-electron chi connectivity index (χ2n) is 7.63. The van der Waals surface area contributed by atoms with E-state index in [-0.39, 0.29) is 11.8 Å². The van der Waals surface area contributed by atoms with E-state index < -0.39 is 5.97 Å². The van der Waals surface area contributed by atoms with E-state index in [2.05, 4.69) is 10.6 Å². The zero-order valence-corrected chi connectivity index (χ0v) is 17.6. The average molecular weight is 409 g/mol. The van der Waals surface area contributed by atoms with Gasteiger partial charge in [-0.25, -0.2) is 9.18 Å². The molecule has 0 aromatic heterocycles. The van der Waals surface area contributed by atoms with Crippen molar-refractivity contribution in [3.63, 3.8) is 0 Å². The monoisotopic (exact) mass is 408 g/mol. The molecule has 0 unspecified atom stereocenters. The van der Waals surface area contributed by atoms with Gasteiger partial charge >= 0.3 is 12.0 Å². The molecule has 6 heteroatoms. The van der Waals surface area contributed by atoms with Crippen molar-refractivity contribution in [1.82, 2.24) is 5.32 Å². The van der Waals surface area contributed by atoms with Gasteiger partial charge in [0.05, 0.1) is 0 Å². The van der Waals surface area contributed by atoms with Crippen LogP contribution in [0.15, 0.2) is 24.3 Å². The third-order valence-corrected chi connectivity index (χ3v) is 4.96. The summed E-state index contributed by atoms with van der Waals surface area (Å²) in [6, 6.07) is 5.47. The number of carboxylic acids is 1. The summed E-state index contributed by atoms with van der Waals surface area (Å²) in [6.45, 7) is 0.652. The molecule has 2 amide bonds. The molecule has 0 aliphatic rings. The number of carbonyl (C=O) groups is 2. The zero-order chi connectivity index (χ0) is 21.2. The Kier molecular flexibility index (Phi) is 14.4. The molecule has 0 spiro atoms. The fraction of sp³-hybridized carbons (Fsp3) is 0.652. The molecular weight excluding hydrogens is 371 g/mol. The van der Waals surface area contributed by atoms with Crippen LogP contribution in [0.4, 0.5) is 14.9 Å². The zero-order valence-electron chi connectivity index (χ0n) is 17.6. The minimum atomic E-state index is -0.686. The normalized spacial score (nSPS) is 10.7. The van der Waals surface area contributed by atoms with E-state index in [1.165, 1.54) is 75.6 Å². The van der Waals surface area contributed by atoms with Crippen molar-refractivity contribution in [3.8, 4) is 0 Å². The Labute approximate surface area is 174 Å². The number of urea groups is 1. The van der Waals surface area contributed by atoms with E-state index in [9.17, 15) is 14.0 Å². The quantitative estimate of drug-likeness (QED) is 0.258. The van der Waals surface area contributed by atoms with E-state index in [0.717, 1.165) is 32.1 Å². The van der Waals surface area contributed by atoms with Gasteiger partial charge in [0.2, 0.25) is 0 Å². The number of hydrogen-bond acceptors (Lipinski definition) is 2. The van der Waals surface area contributed by atoms with Crippen LogP contribution in [0.1, 0.15) is 89.9 Å². The van der Waals surface area contributed by atoms with Gasteiger partial charge in [0.25, 0.3) is 0 Å². The van der Waals surface area contributed by atoms with Gasteiger partial charge in [-0.1, -0.05) is 70.6 Å². The molecular formula is C23H37FN2O3. The number of carboxylic acid groups (broad SMARTS) is 1. The molecule has 5 nitrogen and oxygen atoms in total.